The molecule has 9 nitrogen and oxygen atoms in total. The number of phenolic OH excluding ortho intramolecular Hbond substituents is 1. The Kier molecular flexibility index (Phi) is 7.27. The Morgan fingerprint density at radius 1 is 1.09 bits per heavy atom. The number of phenols is 1. The second-order valence-electron chi connectivity index (χ2n) is 7.78. The molecule has 4 N–H and O–H groups in total. The number of carbonyl (C=O) groups is 1. The van der Waals surface area contributed by atoms with E-state index in [0.29, 0.717) is 5.75 Å². The number of aromatic amines is 1. The first kappa shape index (κ1) is 23.8. The number of aromatic hydroxyl groups is 1. The molecule has 1 aliphatic rings. The molecule has 1 aliphatic heterocycles. The minimum Gasteiger partial charge on any atom is -0.508 e. The Morgan fingerprint density at radius 3 is 2.49 bits per heavy atom. The number of carbonyl (C=O) groups excluding carboxylic acids is 1. The fraction of sp³-hybridized carbons (Fsp3) is 0.120. The molecule has 0 saturated carbocycles. The molecule has 5 aromatic rings. The van der Waals surface area contributed by atoms with Gasteiger partial charge >= 0.3 is 0 Å². The van der Waals surface area contributed by atoms with Crippen LogP contribution >= 0.6 is 11.6 Å². The van der Waals surface area contributed by atoms with Crippen molar-refractivity contribution in [2.75, 3.05) is 4.90 Å². The molecule has 178 valence electrons. The van der Waals surface area contributed by atoms with E-state index in [1.54, 1.807) is 30.5 Å². The van der Waals surface area contributed by atoms with Crippen molar-refractivity contribution in [1.82, 2.24) is 24.8 Å². The normalized spacial score (nSPS) is 11.8. The lowest BCUT2D eigenvalue weighted by Gasteiger charge is -2.17. The molecule has 0 atom stereocenters. The number of nitrogens with zero attached hydrogens (tertiary/aromatic N) is 5. The van der Waals surface area contributed by atoms with Crippen molar-refractivity contribution in [3.8, 4) is 17.0 Å². The number of primary amides is 1. The fourth-order valence-electron chi connectivity index (χ4n) is 3.79. The van der Waals surface area contributed by atoms with Crippen molar-refractivity contribution < 1.29 is 9.90 Å². The average Bonchev–Trinajstić information content (AvgIpc) is 3.58. The van der Waals surface area contributed by atoms with Gasteiger partial charge in [-0.1, -0.05) is 35.9 Å². The van der Waals surface area contributed by atoms with E-state index in [2.05, 4.69) is 38.1 Å². The number of amides is 1. The summed E-state index contributed by atoms with van der Waals surface area (Å²) in [5.74, 6) is 1.25. The molecule has 0 unspecified atom stereocenters. The van der Waals surface area contributed by atoms with Crippen LogP contribution in [0.15, 0.2) is 73.1 Å². The molecule has 2 aromatic carbocycles. The number of halogens is 1. The van der Waals surface area contributed by atoms with Crippen LogP contribution in [0.3, 0.4) is 0 Å². The lowest BCUT2D eigenvalue weighted by Crippen LogP contribution is -2.17. The Labute approximate surface area is 206 Å². The summed E-state index contributed by atoms with van der Waals surface area (Å²) in [6, 6.07) is 18.8. The number of para-hydroxylation sites is 1. The summed E-state index contributed by atoms with van der Waals surface area (Å²) < 4.78 is 1.86. The topological polar surface area (TPSA) is 125 Å². The number of rotatable bonds is 2. The molecule has 0 radical (unpaired) electrons. The maximum atomic E-state index is 8.63. The van der Waals surface area contributed by atoms with E-state index >= 15 is 0 Å². The number of aryl methyl sites for hydroxylation is 1. The predicted octanol–water partition coefficient (Wildman–Crippen LogP) is 4.10. The van der Waals surface area contributed by atoms with Gasteiger partial charge in [0.25, 0.3) is 0 Å². The van der Waals surface area contributed by atoms with E-state index in [4.69, 9.17) is 26.5 Å². The van der Waals surface area contributed by atoms with Gasteiger partial charge in [-0.3, -0.25) is 9.89 Å². The molecule has 35 heavy (non-hydrogen) atoms. The highest BCUT2D eigenvalue weighted by atomic mass is 35.5. The van der Waals surface area contributed by atoms with Crippen molar-refractivity contribution in [3.63, 3.8) is 0 Å². The number of nitrogens with two attached hydrogens (primary N) is 1. The first-order valence-corrected chi connectivity index (χ1v) is 11.1. The van der Waals surface area contributed by atoms with Gasteiger partial charge in [0.05, 0.1) is 17.6 Å². The van der Waals surface area contributed by atoms with Gasteiger partial charge in [-0.2, -0.15) is 10.2 Å². The van der Waals surface area contributed by atoms with Gasteiger partial charge in [-0.05, 0) is 42.3 Å². The quantitative estimate of drug-likeness (QED) is 0.320. The third-order valence-electron chi connectivity index (χ3n) is 5.30. The zero-order chi connectivity index (χ0) is 24.8. The molecule has 0 fully saturated rings. The second-order valence-corrected chi connectivity index (χ2v) is 8.22. The van der Waals surface area contributed by atoms with Gasteiger partial charge in [0, 0.05) is 42.0 Å². The highest BCUT2D eigenvalue weighted by molar-refractivity contribution is 6.30. The summed E-state index contributed by atoms with van der Waals surface area (Å²) >= 11 is 6.13. The van der Waals surface area contributed by atoms with E-state index in [0.717, 1.165) is 46.5 Å². The van der Waals surface area contributed by atoms with Crippen molar-refractivity contribution >= 4 is 29.5 Å². The SMILES string of the molecule is Cc1cc2nc(N3Cc4ccc(Cl)cc4C3)cc(-c3cn[nH]c3)n2n1.NC=O.Oc1ccccc1. The maximum Gasteiger partial charge on any atom is 0.204 e. The lowest BCUT2D eigenvalue weighted by atomic mass is 10.1. The number of fused-ring (bicyclic) bond motifs is 2. The van der Waals surface area contributed by atoms with Crippen LogP contribution in [0.25, 0.3) is 16.9 Å². The second kappa shape index (κ2) is 10.7. The molecular formula is C25H24ClN7O2. The molecule has 10 heteroatoms. The molecule has 0 aliphatic carbocycles. The van der Waals surface area contributed by atoms with Gasteiger partial charge < -0.3 is 15.7 Å². The minimum atomic E-state index is 0.250. The zero-order valence-corrected chi connectivity index (χ0v) is 19.7. The Morgan fingerprint density at radius 2 is 1.83 bits per heavy atom. The van der Waals surface area contributed by atoms with Crippen LogP contribution in [0, 0.1) is 6.92 Å². The number of hydrogen-bond acceptors (Lipinski definition) is 6. The predicted molar refractivity (Wildman–Crippen MR) is 135 cm³/mol. The first-order chi connectivity index (χ1) is 17.0. The Balaban J connectivity index is 0.000000244. The van der Waals surface area contributed by atoms with Crippen molar-refractivity contribution in [1.29, 1.82) is 0 Å². The summed E-state index contributed by atoms with van der Waals surface area (Å²) in [6.07, 6.45) is 3.92. The molecule has 4 heterocycles. The average molecular weight is 490 g/mol. The van der Waals surface area contributed by atoms with Crippen molar-refractivity contribution in [2.45, 2.75) is 20.0 Å². The van der Waals surface area contributed by atoms with E-state index in [-0.39, 0.29) is 6.41 Å². The molecule has 0 saturated heterocycles. The molecule has 0 spiro atoms. The van der Waals surface area contributed by atoms with Crippen LogP contribution in [0.1, 0.15) is 16.8 Å². The molecule has 1 amide bonds. The van der Waals surface area contributed by atoms with Gasteiger partial charge in [0.15, 0.2) is 5.65 Å². The monoisotopic (exact) mass is 489 g/mol. The zero-order valence-electron chi connectivity index (χ0n) is 19.0. The first-order valence-electron chi connectivity index (χ1n) is 10.8. The standard InChI is InChI=1S/C18H15ClN6.C6H6O.CH3NO/c1-11-4-18-22-17(6-16(25(18)23-11)14-7-20-21-8-14)24-9-12-2-3-15(19)5-13(12)10-24;7-6-4-2-1-3-5-6;2-1-3/h2-8H,9-10H2,1H3,(H,20,21);1-5,7H;1H,(H2,2,3). The highest BCUT2D eigenvalue weighted by Crippen LogP contribution is 2.31. The lowest BCUT2D eigenvalue weighted by molar-refractivity contribution is -0.106. The molecular weight excluding hydrogens is 466 g/mol. The van der Waals surface area contributed by atoms with Crippen molar-refractivity contribution in [3.05, 3.63) is 94.9 Å². The summed E-state index contributed by atoms with van der Waals surface area (Å²) in [6.45, 7) is 3.60. The molecule has 6 rings (SSSR count). The number of benzene rings is 2. The fourth-order valence-corrected chi connectivity index (χ4v) is 3.98. The van der Waals surface area contributed by atoms with Gasteiger partial charge in [-0.25, -0.2) is 9.50 Å². The summed E-state index contributed by atoms with van der Waals surface area (Å²) in [5, 5.41) is 20.9. The summed E-state index contributed by atoms with van der Waals surface area (Å²) in [5.41, 5.74) is 10.4. The number of nitrogens with one attached hydrogen (secondary N) is 1. The van der Waals surface area contributed by atoms with Crippen LogP contribution in [-0.4, -0.2) is 36.3 Å². The summed E-state index contributed by atoms with van der Waals surface area (Å²) in [4.78, 5) is 15.7. The molecule has 0 bridgehead atoms. The van der Waals surface area contributed by atoms with E-state index < -0.39 is 0 Å². The largest absolute Gasteiger partial charge is 0.508 e. The Bertz CT molecular complexity index is 1420. The highest BCUT2D eigenvalue weighted by Gasteiger charge is 2.22. The maximum absolute atomic E-state index is 8.63. The van der Waals surface area contributed by atoms with Gasteiger partial charge in [0.2, 0.25) is 6.41 Å². The smallest absolute Gasteiger partial charge is 0.204 e. The number of anilines is 1. The third kappa shape index (κ3) is 5.59. The third-order valence-corrected chi connectivity index (χ3v) is 5.54. The van der Waals surface area contributed by atoms with Crippen LogP contribution in [-0.2, 0) is 17.9 Å². The molecule has 3 aromatic heterocycles. The van der Waals surface area contributed by atoms with Gasteiger partial charge in [0.1, 0.15) is 11.6 Å². The van der Waals surface area contributed by atoms with E-state index in [9.17, 15) is 0 Å². The van der Waals surface area contributed by atoms with E-state index in [1.807, 2.05) is 41.9 Å². The minimum absolute atomic E-state index is 0.250. The van der Waals surface area contributed by atoms with Crippen LogP contribution in [0.4, 0.5) is 5.82 Å². The number of H-pyrrole nitrogens is 1. The van der Waals surface area contributed by atoms with E-state index in [1.165, 1.54) is 11.1 Å². The van der Waals surface area contributed by atoms with Crippen LogP contribution in [0.2, 0.25) is 5.02 Å². The summed E-state index contributed by atoms with van der Waals surface area (Å²) in [7, 11) is 0. The van der Waals surface area contributed by atoms with Gasteiger partial charge in [-0.15, -0.1) is 0 Å². The van der Waals surface area contributed by atoms with Crippen LogP contribution < -0.4 is 10.6 Å². The Hall–Kier alpha value is -4.37. The van der Waals surface area contributed by atoms with Crippen molar-refractivity contribution in [2.24, 2.45) is 5.73 Å². The van der Waals surface area contributed by atoms with Crippen LogP contribution in [0.5, 0.6) is 5.75 Å². The number of hydrogen-bond donors (Lipinski definition) is 3. The number of aromatic nitrogens is 5.